The summed E-state index contributed by atoms with van der Waals surface area (Å²) in [5.41, 5.74) is 6.46. The number of rotatable bonds is 1. The van der Waals surface area contributed by atoms with Gasteiger partial charge < -0.3 is 10.2 Å². The molecule has 5 rings (SSSR count). The van der Waals surface area contributed by atoms with Gasteiger partial charge in [0.25, 0.3) is 0 Å². The smallest absolute Gasteiger partial charge is 0.381 e. The number of nitrogens with zero attached hydrogens (tertiary/aromatic N) is 3. The Hall–Kier alpha value is -2.45. The molecule has 1 aromatic heterocycles. The van der Waals surface area contributed by atoms with Gasteiger partial charge in [-0.1, -0.05) is 12.1 Å². The van der Waals surface area contributed by atoms with Crippen LogP contribution in [-0.4, -0.2) is 34.5 Å². The number of ether oxygens (including phenoxy) is 1. The number of nitrogens with one attached hydrogen (secondary N) is 1. The summed E-state index contributed by atoms with van der Waals surface area (Å²) in [6.45, 7) is 2.07. The van der Waals surface area contributed by atoms with Crippen LogP contribution in [0.2, 0.25) is 0 Å². The molecule has 0 bridgehead atoms. The molecule has 3 heterocycles. The zero-order chi connectivity index (χ0) is 18.6. The number of hydrazine groups is 1. The third-order valence-electron chi connectivity index (χ3n) is 5.41. The summed E-state index contributed by atoms with van der Waals surface area (Å²) >= 11 is 0. The van der Waals surface area contributed by atoms with Gasteiger partial charge in [-0.15, -0.1) is 5.10 Å². The molecule has 0 spiro atoms. The Morgan fingerprint density at radius 2 is 1.93 bits per heavy atom. The maximum Gasteiger partial charge on any atom is 0.418 e. The van der Waals surface area contributed by atoms with Crippen LogP contribution in [0.4, 0.5) is 18.9 Å². The molecule has 0 atom stereocenters. The lowest BCUT2D eigenvalue weighted by Gasteiger charge is -2.37. The highest BCUT2D eigenvalue weighted by Crippen LogP contribution is 2.44. The summed E-state index contributed by atoms with van der Waals surface area (Å²) in [5, 5.41) is 9.89. The van der Waals surface area contributed by atoms with Crippen molar-refractivity contribution in [1.82, 2.24) is 15.2 Å². The molecule has 0 aromatic carbocycles. The molecule has 140 valence electrons. The Labute approximate surface area is 153 Å². The van der Waals surface area contributed by atoms with Crippen molar-refractivity contribution in [2.75, 3.05) is 18.6 Å². The lowest BCUT2D eigenvalue weighted by Crippen LogP contribution is -2.44. The maximum absolute atomic E-state index is 13.4. The Bertz CT molecular complexity index is 985. The Morgan fingerprint density at radius 3 is 2.70 bits per heavy atom. The van der Waals surface area contributed by atoms with Gasteiger partial charge in [-0.25, -0.2) is 5.01 Å². The van der Waals surface area contributed by atoms with Crippen LogP contribution >= 0.6 is 0 Å². The number of aromatic nitrogens is 2. The van der Waals surface area contributed by atoms with Crippen LogP contribution in [0.5, 0.6) is 0 Å². The largest absolute Gasteiger partial charge is 0.418 e. The molecule has 1 aromatic rings. The summed E-state index contributed by atoms with van der Waals surface area (Å²) in [6, 6.07) is 7.38. The van der Waals surface area contributed by atoms with Crippen molar-refractivity contribution in [3.8, 4) is 11.1 Å². The molecule has 27 heavy (non-hydrogen) atoms. The molecule has 1 saturated heterocycles. The molecule has 0 amide bonds. The molecule has 0 saturated carbocycles. The Morgan fingerprint density at radius 1 is 1.11 bits per heavy atom. The number of fused-ring (bicyclic) bond motifs is 2. The van der Waals surface area contributed by atoms with Gasteiger partial charge in [0.05, 0.1) is 17.4 Å². The van der Waals surface area contributed by atoms with Crippen molar-refractivity contribution >= 4 is 16.6 Å². The average Bonchev–Trinajstić information content (AvgIpc) is 3.02. The number of alkyl halides is 3. The number of hydrogen-bond acceptors (Lipinski definition) is 5. The van der Waals surface area contributed by atoms with Crippen molar-refractivity contribution in [2.45, 2.75) is 31.6 Å². The molecule has 4 aliphatic rings. The topological polar surface area (TPSA) is 50.3 Å². The predicted octanol–water partition coefficient (Wildman–Crippen LogP) is 4.07. The van der Waals surface area contributed by atoms with E-state index in [-0.39, 0.29) is 10.9 Å². The number of anilines is 1. The third kappa shape index (κ3) is 2.71. The maximum atomic E-state index is 13.4. The SMILES string of the molecule is FC(F)(F)c1cnnc2c3ccc4c-3c(ccc12)CN(C1CCOCC1)N4. The van der Waals surface area contributed by atoms with E-state index in [1.807, 2.05) is 12.1 Å². The minimum Gasteiger partial charge on any atom is -0.381 e. The van der Waals surface area contributed by atoms with E-state index < -0.39 is 11.7 Å². The molecule has 0 unspecified atom stereocenters. The van der Waals surface area contributed by atoms with Crippen LogP contribution in [0.3, 0.4) is 0 Å². The first-order valence-electron chi connectivity index (χ1n) is 8.90. The second-order valence-corrected chi connectivity index (χ2v) is 7.00. The molecule has 2 aliphatic heterocycles. The average molecular weight is 374 g/mol. The van der Waals surface area contributed by atoms with E-state index in [2.05, 4.69) is 20.6 Å². The van der Waals surface area contributed by atoms with E-state index in [1.165, 1.54) is 6.07 Å². The number of halogens is 3. The van der Waals surface area contributed by atoms with Crippen LogP contribution < -0.4 is 5.43 Å². The lowest BCUT2D eigenvalue weighted by molar-refractivity contribution is -0.136. The highest BCUT2D eigenvalue weighted by Gasteiger charge is 2.35. The Balaban J connectivity index is 1.65. The lowest BCUT2D eigenvalue weighted by atomic mass is 10.0. The van der Waals surface area contributed by atoms with Gasteiger partial charge in [-0.3, -0.25) is 0 Å². The Kier molecular flexibility index (Phi) is 3.73. The minimum atomic E-state index is -4.48. The van der Waals surface area contributed by atoms with Crippen molar-refractivity contribution in [2.24, 2.45) is 0 Å². The van der Waals surface area contributed by atoms with Crippen LogP contribution in [-0.2, 0) is 17.5 Å². The van der Waals surface area contributed by atoms with Crippen LogP contribution in [0.1, 0.15) is 24.0 Å². The van der Waals surface area contributed by atoms with Gasteiger partial charge >= 0.3 is 6.18 Å². The quantitative estimate of drug-likeness (QED) is 0.696. The highest BCUT2D eigenvalue weighted by atomic mass is 19.4. The summed E-state index contributed by atoms with van der Waals surface area (Å²) in [7, 11) is 0. The minimum absolute atomic E-state index is 0.0745. The molecule has 1 N–H and O–H groups in total. The predicted molar refractivity (Wildman–Crippen MR) is 94.2 cm³/mol. The van der Waals surface area contributed by atoms with Crippen LogP contribution in [0.25, 0.3) is 22.0 Å². The van der Waals surface area contributed by atoms with E-state index in [4.69, 9.17) is 4.74 Å². The first-order chi connectivity index (χ1) is 13.0. The van der Waals surface area contributed by atoms with Gasteiger partial charge in [0, 0.05) is 42.3 Å². The fraction of sp³-hybridized carbons (Fsp3) is 0.368. The first-order valence-corrected chi connectivity index (χ1v) is 8.90. The monoisotopic (exact) mass is 374 g/mol. The molecular formula is C19H17F3N4O. The first kappa shape index (κ1) is 16.7. The van der Waals surface area contributed by atoms with Gasteiger partial charge in [-0.2, -0.15) is 18.3 Å². The van der Waals surface area contributed by atoms with Gasteiger partial charge in [0.1, 0.15) is 5.52 Å². The molecule has 0 radical (unpaired) electrons. The molecular weight excluding hydrogens is 357 g/mol. The second kappa shape index (κ2) is 6.03. The standard InChI is InChI=1S/C19H17F3N4O/c20-19(21,22)15-9-23-24-18-13(15)2-1-11-10-26(12-5-7-27-8-6-12)25-16-4-3-14(18)17(11)16/h1-4,9,12,25H,5-8,10H2. The van der Waals surface area contributed by atoms with E-state index >= 15 is 0 Å². The second-order valence-electron chi connectivity index (χ2n) is 7.00. The van der Waals surface area contributed by atoms with Crippen LogP contribution in [0.15, 0.2) is 30.5 Å². The van der Waals surface area contributed by atoms with E-state index in [1.54, 1.807) is 6.07 Å². The van der Waals surface area contributed by atoms with E-state index in [0.29, 0.717) is 18.2 Å². The highest BCUT2D eigenvalue weighted by molar-refractivity contribution is 6.01. The normalized spacial score (nSPS) is 18.8. The zero-order valence-corrected chi connectivity index (χ0v) is 14.4. The third-order valence-corrected chi connectivity index (χ3v) is 5.41. The van der Waals surface area contributed by atoms with E-state index in [0.717, 1.165) is 49.1 Å². The molecule has 1 fully saturated rings. The van der Waals surface area contributed by atoms with E-state index in [9.17, 15) is 13.2 Å². The van der Waals surface area contributed by atoms with Gasteiger partial charge in [0.15, 0.2) is 0 Å². The summed E-state index contributed by atoms with van der Waals surface area (Å²) in [4.78, 5) is 0. The fourth-order valence-electron chi connectivity index (χ4n) is 4.10. The fourth-order valence-corrected chi connectivity index (χ4v) is 4.10. The summed E-state index contributed by atoms with van der Waals surface area (Å²) in [5.74, 6) is 0. The number of hydrogen-bond donors (Lipinski definition) is 1. The van der Waals surface area contributed by atoms with Crippen molar-refractivity contribution in [3.63, 3.8) is 0 Å². The van der Waals surface area contributed by atoms with Gasteiger partial charge in [0.2, 0.25) is 0 Å². The van der Waals surface area contributed by atoms with Crippen LogP contribution in [0, 0.1) is 0 Å². The van der Waals surface area contributed by atoms with Crippen molar-refractivity contribution < 1.29 is 17.9 Å². The van der Waals surface area contributed by atoms with Crippen molar-refractivity contribution in [3.05, 3.63) is 41.6 Å². The molecule has 8 heteroatoms. The summed E-state index contributed by atoms with van der Waals surface area (Å²) < 4.78 is 45.8. The van der Waals surface area contributed by atoms with Crippen molar-refractivity contribution in [1.29, 1.82) is 0 Å². The molecule has 5 nitrogen and oxygen atoms in total. The zero-order valence-electron chi connectivity index (χ0n) is 14.4. The van der Waals surface area contributed by atoms with Gasteiger partial charge in [-0.05, 0) is 30.5 Å². The molecule has 2 aliphatic carbocycles. The summed E-state index contributed by atoms with van der Waals surface area (Å²) in [6.07, 6.45) is -1.82.